The van der Waals surface area contributed by atoms with E-state index in [1.807, 2.05) is 0 Å². The van der Waals surface area contributed by atoms with Crippen LogP contribution >= 0.6 is 22.7 Å². The SMILES string of the molecule is Nc1c(C(=O)Nc2ccc(C(F)(F)F)cn2)sc2nc(-c3cccs3)cc(C(F)(F)F)c12. The van der Waals surface area contributed by atoms with Crippen LogP contribution in [0.1, 0.15) is 20.8 Å². The first-order valence-electron chi connectivity index (χ1n) is 8.64. The summed E-state index contributed by atoms with van der Waals surface area (Å²) in [5.41, 5.74) is 3.49. The van der Waals surface area contributed by atoms with E-state index in [1.54, 1.807) is 17.5 Å². The Bertz CT molecular complexity index is 1290. The lowest BCUT2D eigenvalue weighted by atomic mass is 10.1. The number of fused-ring (bicyclic) bond motifs is 1. The molecule has 0 bridgehead atoms. The van der Waals surface area contributed by atoms with Crippen LogP contribution in [0.3, 0.4) is 0 Å². The van der Waals surface area contributed by atoms with Crippen molar-refractivity contribution in [3.05, 3.63) is 57.9 Å². The minimum atomic E-state index is -4.76. The zero-order valence-electron chi connectivity index (χ0n) is 15.5. The summed E-state index contributed by atoms with van der Waals surface area (Å²) in [6.45, 7) is 0. The molecule has 0 aliphatic heterocycles. The molecule has 4 aromatic heterocycles. The van der Waals surface area contributed by atoms with Crippen LogP contribution in [0.25, 0.3) is 20.8 Å². The van der Waals surface area contributed by atoms with Crippen molar-refractivity contribution in [2.24, 2.45) is 0 Å². The summed E-state index contributed by atoms with van der Waals surface area (Å²) in [5.74, 6) is -1.13. The third-order valence-corrected chi connectivity index (χ3v) is 6.31. The van der Waals surface area contributed by atoms with E-state index < -0.39 is 40.5 Å². The fraction of sp³-hybridized carbons (Fsp3) is 0.105. The molecule has 0 aliphatic rings. The van der Waals surface area contributed by atoms with Gasteiger partial charge in [-0.25, -0.2) is 9.97 Å². The fourth-order valence-electron chi connectivity index (χ4n) is 2.87. The van der Waals surface area contributed by atoms with Crippen molar-refractivity contribution < 1.29 is 31.1 Å². The number of anilines is 2. The molecular weight excluding hydrogens is 478 g/mol. The van der Waals surface area contributed by atoms with Crippen LogP contribution in [0.5, 0.6) is 0 Å². The van der Waals surface area contributed by atoms with Crippen molar-refractivity contribution in [3.63, 3.8) is 0 Å². The summed E-state index contributed by atoms with van der Waals surface area (Å²) in [4.78, 5) is 20.5. The van der Waals surface area contributed by atoms with Gasteiger partial charge in [-0.15, -0.1) is 22.7 Å². The third kappa shape index (κ3) is 4.12. The quantitative estimate of drug-likeness (QED) is 0.332. The number of carbonyl (C=O) groups is 1. The number of nitrogens with zero attached hydrogens (tertiary/aromatic N) is 2. The maximum absolute atomic E-state index is 13.7. The standard InChI is InChI=1S/C19H10F6N4OS2/c20-18(21,22)8-3-4-12(27-7-8)29-16(30)15-14(26)13-9(19(23,24)25)6-10(28-17(13)32-15)11-2-1-5-31-11/h1-7H,26H2,(H,27,29,30). The minimum absolute atomic E-state index is 0.0810. The van der Waals surface area contributed by atoms with E-state index in [4.69, 9.17) is 5.73 Å². The highest BCUT2D eigenvalue weighted by molar-refractivity contribution is 7.21. The smallest absolute Gasteiger partial charge is 0.397 e. The number of alkyl halides is 6. The molecule has 0 saturated carbocycles. The first-order chi connectivity index (χ1) is 14.9. The number of thiophene rings is 2. The number of halogens is 6. The van der Waals surface area contributed by atoms with Gasteiger partial charge in [0.25, 0.3) is 5.91 Å². The Morgan fingerprint density at radius 3 is 2.38 bits per heavy atom. The predicted molar refractivity (Wildman–Crippen MR) is 110 cm³/mol. The van der Waals surface area contributed by atoms with Gasteiger partial charge in [0.05, 0.1) is 27.4 Å². The summed E-state index contributed by atoms with van der Waals surface area (Å²) >= 11 is 1.85. The van der Waals surface area contributed by atoms with E-state index in [0.29, 0.717) is 28.5 Å². The summed E-state index contributed by atoms with van der Waals surface area (Å²) < 4.78 is 79.1. The van der Waals surface area contributed by atoms with E-state index in [2.05, 4.69) is 15.3 Å². The Hall–Kier alpha value is -3.19. The van der Waals surface area contributed by atoms with Gasteiger partial charge in [-0.2, -0.15) is 26.3 Å². The van der Waals surface area contributed by atoms with Crippen molar-refractivity contribution in [2.45, 2.75) is 12.4 Å². The number of hydrogen-bond donors (Lipinski definition) is 2. The summed E-state index contributed by atoms with van der Waals surface area (Å²) in [6.07, 6.45) is -8.84. The van der Waals surface area contributed by atoms with Crippen molar-refractivity contribution in [2.75, 3.05) is 11.1 Å². The number of carbonyl (C=O) groups excluding carboxylic acids is 1. The molecule has 4 heterocycles. The Balaban J connectivity index is 1.75. The molecule has 0 unspecified atom stereocenters. The molecule has 3 N–H and O–H groups in total. The third-order valence-electron chi connectivity index (χ3n) is 4.32. The second kappa shape index (κ2) is 7.74. The first kappa shape index (κ1) is 22.0. The average molecular weight is 488 g/mol. The monoisotopic (exact) mass is 488 g/mol. The summed E-state index contributed by atoms with van der Waals surface area (Å²) in [7, 11) is 0. The minimum Gasteiger partial charge on any atom is -0.397 e. The molecule has 1 amide bonds. The van der Waals surface area contributed by atoms with Gasteiger partial charge in [0, 0.05) is 11.6 Å². The molecule has 0 radical (unpaired) electrons. The molecule has 5 nitrogen and oxygen atoms in total. The molecule has 13 heteroatoms. The zero-order chi connectivity index (χ0) is 23.3. The normalized spacial score (nSPS) is 12.3. The maximum Gasteiger partial charge on any atom is 0.417 e. The van der Waals surface area contributed by atoms with Gasteiger partial charge in [0.15, 0.2) is 0 Å². The zero-order valence-corrected chi connectivity index (χ0v) is 17.1. The number of amides is 1. The summed E-state index contributed by atoms with van der Waals surface area (Å²) in [6, 6.07) is 5.79. The van der Waals surface area contributed by atoms with Crippen LogP contribution < -0.4 is 11.1 Å². The molecule has 4 rings (SSSR count). The molecule has 0 atom stereocenters. The number of nitrogen functional groups attached to an aromatic ring is 1. The van der Waals surface area contributed by atoms with Gasteiger partial charge in [0.1, 0.15) is 15.5 Å². The number of rotatable bonds is 3. The van der Waals surface area contributed by atoms with E-state index in [0.717, 1.165) is 12.1 Å². The highest BCUT2D eigenvalue weighted by Crippen LogP contribution is 2.44. The number of hydrogen-bond acceptors (Lipinski definition) is 6. The van der Waals surface area contributed by atoms with Gasteiger partial charge in [-0.3, -0.25) is 4.79 Å². The van der Waals surface area contributed by atoms with Gasteiger partial charge < -0.3 is 11.1 Å². The van der Waals surface area contributed by atoms with Crippen molar-refractivity contribution >= 4 is 50.3 Å². The largest absolute Gasteiger partial charge is 0.417 e. The lowest BCUT2D eigenvalue weighted by Gasteiger charge is -2.10. The first-order valence-corrected chi connectivity index (χ1v) is 10.3. The molecule has 0 spiro atoms. The van der Waals surface area contributed by atoms with Crippen molar-refractivity contribution in [3.8, 4) is 10.6 Å². The van der Waals surface area contributed by atoms with E-state index >= 15 is 0 Å². The van der Waals surface area contributed by atoms with Crippen molar-refractivity contribution in [1.29, 1.82) is 0 Å². The number of nitrogens with two attached hydrogens (primary N) is 1. The molecule has 4 aromatic rings. The lowest BCUT2D eigenvalue weighted by Crippen LogP contribution is -2.14. The molecule has 32 heavy (non-hydrogen) atoms. The second-order valence-corrected chi connectivity index (χ2v) is 8.39. The second-order valence-electron chi connectivity index (χ2n) is 6.44. The molecular formula is C19H10F6N4OS2. The fourth-order valence-corrected chi connectivity index (χ4v) is 4.57. The molecule has 0 aromatic carbocycles. The molecule has 0 fully saturated rings. The Kier molecular flexibility index (Phi) is 5.33. The van der Waals surface area contributed by atoms with E-state index in [1.165, 1.54) is 11.3 Å². The Morgan fingerprint density at radius 1 is 1.06 bits per heavy atom. The number of aromatic nitrogens is 2. The van der Waals surface area contributed by atoms with Gasteiger partial charge in [-0.1, -0.05) is 6.07 Å². The highest BCUT2D eigenvalue weighted by Gasteiger charge is 2.36. The molecule has 0 saturated heterocycles. The molecule has 0 aliphatic carbocycles. The lowest BCUT2D eigenvalue weighted by molar-refractivity contribution is -0.138. The van der Waals surface area contributed by atoms with Crippen LogP contribution in [0.2, 0.25) is 0 Å². The van der Waals surface area contributed by atoms with Crippen LogP contribution in [-0.4, -0.2) is 15.9 Å². The van der Waals surface area contributed by atoms with Gasteiger partial charge in [0.2, 0.25) is 0 Å². The average Bonchev–Trinajstić information content (AvgIpc) is 3.35. The van der Waals surface area contributed by atoms with E-state index in [-0.39, 0.29) is 21.2 Å². The highest BCUT2D eigenvalue weighted by atomic mass is 32.1. The number of pyridine rings is 2. The summed E-state index contributed by atoms with van der Waals surface area (Å²) in [5, 5.41) is 3.52. The topological polar surface area (TPSA) is 80.9 Å². The Labute approximate surface area is 183 Å². The predicted octanol–water partition coefficient (Wildman–Crippen LogP) is 6.29. The Morgan fingerprint density at radius 2 is 1.81 bits per heavy atom. The van der Waals surface area contributed by atoms with Crippen LogP contribution in [0, 0.1) is 0 Å². The number of nitrogens with one attached hydrogen (secondary N) is 1. The maximum atomic E-state index is 13.7. The van der Waals surface area contributed by atoms with Crippen molar-refractivity contribution in [1.82, 2.24) is 9.97 Å². The van der Waals surface area contributed by atoms with Crippen LogP contribution in [0.15, 0.2) is 41.9 Å². The van der Waals surface area contributed by atoms with Gasteiger partial charge >= 0.3 is 12.4 Å². The van der Waals surface area contributed by atoms with E-state index in [9.17, 15) is 31.1 Å². The molecule has 166 valence electrons. The van der Waals surface area contributed by atoms with Crippen LogP contribution in [0.4, 0.5) is 37.8 Å². The van der Waals surface area contributed by atoms with Gasteiger partial charge in [-0.05, 0) is 29.6 Å². The van der Waals surface area contributed by atoms with Crippen LogP contribution in [-0.2, 0) is 12.4 Å².